The number of nitrogens with zero attached hydrogens (tertiary/aromatic N) is 3. The molecule has 25 heavy (non-hydrogen) atoms. The van der Waals surface area contributed by atoms with E-state index in [4.69, 9.17) is 0 Å². The Bertz CT molecular complexity index is 849. The molecule has 7 heteroatoms. The summed E-state index contributed by atoms with van der Waals surface area (Å²) in [5.74, 6) is 0.476. The summed E-state index contributed by atoms with van der Waals surface area (Å²) in [6, 6.07) is 10.3. The molecule has 1 heterocycles. The van der Waals surface area contributed by atoms with Crippen molar-refractivity contribution in [3.05, 3.63) is 60.2 Å². The summed E-state index contributed by atoms with van der Waals surface area (Å²) in [6.07, 6.45) is -3.07. The third-order valence-electron chi connectivity index (χ3n) is 4.06. The Morgan fingerprint density at radius 3 is 2.52 bits per heavy atom. The normalized spacial score (nSPS) is 13.5. The van der Waals surface area contributed by atoms with Gasteiger partial charge in [-0.05, 0) is 30.2 Å². The summed E-state index contributed by atoms with van der Waals surface area (Å²) in [5, 5.41) is 8.05. The van der Waals surface area contributed by atoms with E-state index in [-0.39, 0.29) is 18.2 Å². The summed E-state index contributed by atoms with van der Waals surface area (Å²) in [4.78, 5) is 4.07. The minimum Gasteiger partial charge on any atom is -0.295 e. The average molecular weight is 348 g/mol. The van der Waals surface area contributed by atoms with Crippen molar-refractivity contribution in [2.24, 2.45) is 0 Å². The lowest BCUT2D eigenvalue weighted by Crippen LogP contribution is -2.34. The largest absolute Gasteiger partial charge is 0.407 e. The van der Waals surface area contributed by atoms with Crippen LogP contribution in [0.3, 0.4) is 0 Å². The van der Waals surface area contributed by atoms with E-state index in [2.05, 4.69) is 15.4 Å². The molecule has 132 valence electrons. The van der Waals surface area contributed by atoms with Gasteiger partial charge in [0.1, 0.15) is 18.2 Å². The molecule has 0 fully saturated rings. The molecule has 3 aromatic rings. The third-order valence-corrected chi connectivity index (χ3v) is 4.06. The predicted octanol–water partition coefficient (Wildman–Crippen LogP) is 4.41. The molecule has 0 aliphatic rings. The van der Waals surface area contributed by atoms with Gasteiger partial charge in [0.25, 0.3) is 0 Å². The summed E-state index contributed by atoms with van der Waals surface area (Å²) in [5.41, 5.74) is 0.209. The third kappa shape index (κ3) is 3.66. The molecule has 0 saturated carbocycles. The lowest BCUT2D eigenvalue weighted by Gasteiger charge is -2.23. The topological polar surface area (TPSA) is 42.7 Å². The second-order valence-corrected chi connectivity index (χ2v) is 6.14. The number of aromatic nitrogens is 3. The molecule has 1 aromatic heterocycles. The number of hydrogen-bond acceptors (Lipinski definition) is 3. The van der Waals surface area contributed by atoms with E-state index in [1.54, 1.807) is 22.9 Å². The van der Waals surface area contributed by atoms with Crippen molar-refractivity contribution in [2.75, 3.05) is 0 Å². The van der Waals surface area contributed by atoms with Gasteiger partial charge in [-0.25, -0.2) is 9.67 Å². The van der Waals surface area contributed by atoms with Gasteiger partial charge in [0.15, 0.2) is 0 Å². The zero-order valence-corrected chi connectivity index (χ0v) is 14.0. The molecule has 2 aromatic carbocycles. The highest BCUT2D eigenvalue weighted by molar-refractivity contribution is 5.86. The minimum absolute atomic E-state index is 0.0222. The van der Waals surface area contributed by atoms with Crippen molar-refractivity contribution >= 4 is 10.8 Å². The fraction of sp³-hybridized carbons (Fsp3) is 0.333. The van der Waals surface area contributed by atoms with Gasteiger partial charge in [0, 0.05) is 6.04 Å². The molecule has 0 aliphatic carbocycles. The lowest BCUT2D eigenvalue weighted by molar-refractivity contribution is -0.158. The van der Waals surface area contributed by atoms with Crippen LogP contribution in [-0.4, -0.2) is 20.9 Å². The SMILES string of the molecule is CC(C)n1ncnc1CN[C@H](c1cccc2ccccc12)C(F)(F)F. The molecule has 3 rings (SSSR count). The Kier molecular flexibility index (Phi) is 4.76. The van der Waals surface area contributed by atoms with Crippen LogP contribution in [0.15, 0.2) is 48.8 Å². The molecule has 0 bridgehead atoms. The van der Waals surface area contributed by atoms with Crippen molar-refractivity contribution in [3.63, 3.8) is 0 Å². The highest BCUT2D eigenvalue weighted by Crippen LogP contribution is 2.36. The summed E-state index contributed by atoms with van der Waals surface area (Å²) in [6.45, 7) is 3.79. The van der Waals surface area contributed by atoms with Crippen molar-refractivity contribution < 1.29 is 13.2 Å². The standard InChI is InChI=1S/C18H19F3N4/c1-12(2)25-16(23-11-24-25)10-22-17(18(19,20)21)15-9-5-7-13-6-3-4-8-14(13)15/h3-9,11-12,17,22H,10H2,1-2H3/t17-/m1/s1. The first-order chi connectivity index (χ1) is 11.9. The number of halogens is 3. The fourth-order valence-electron chi connectivity index (χ4n) is 2.93. The molecular weight excluding hydrogens is 329 g/mol. The average Bonchev–Trinajstić information content (AvgIpc) is 3.03. The van der Waals surface area contributed by atoms with Crippen LogP contribution < -0.4 is 5.32 Å². The maximum atomic E-state index is 13.7. The zero-order chi connectivity index (χ0) is 18.0. The van der Waals surface area contributed by atoms with Crippen molar-refractivity contribution in [1.82, 2.24) is 20.1 Å². The number of fused-ring (bicyclic) bond motifs is 1. The molecule has 0 aliphatic heterocycles. The highest BCUT2D eigenvalue weighted by Gasteiger charge is 2.41. The summed E-state index contributed by atoms with van der Waals surface area (Å²) >= 11 is 0. The Balaban J connectivity index is 1.94. The maximum absolute atomic E-state index is 13.7. The van der Waals surface area contributed by atoms with Gasteiger partial charge in [-0.2, -0.15) is 18.3 Å². The molecule has 0 radical (unpaired) electrons. The first kappa shape index (κ1) is 17.4. The molecule has 0 saturated heterocycles. The van der Waals surface area contributed by atoms with Gasteiger partial charge in [-0.15, -0.1) is 0 Å². The fourth-order valence-corrected chi connectivity index (χ4v) is 2.93. The Labute approximate surface area is 143 Å². The van der Waals surface area contributed by atoms with Crippen LogP contribution in [0.1, 0.15) is 37.3 Å². The minimum atomic E-state index is -4.42. The zero-order valence-electron chi connectivity index (χ0n) is 14.0. The van der Waals surface area contributed by atoms with E-state index in [0.717, 1.165) is 5.39 Å². The molecule has 0 unspecified atom stereocenters. The van der Waals surface area contributed by atoms with Gasteiger partial charge in [-0.1, -0.05) is 42.5 Å². The molecule has 4 nitrogen and oxygen atoms in total. The van der Waals surface area contributed by atoms with Crippen molar-refractivity contribution in [2.45, 2.75) is 38.7 Å². The Morgan fingerprint density at radius 2 is 1.80 bits per heavy atom. The highest BCUT2D eigenvalue weighted by atomic mass is 19.4. The molecular formula is C18H19F3N4. The van der Waals surface area contributed by atoms with Crippen LogP contribution in [0.2, 0.25) is 0 Å². The van der Waals surface area contributed by atoms with Crippen LogP contribution in [0.25, 0.3) is 10.8 Å². The van der Waals surface area contributed by atoms with E-state index in [1.807, 2.05) is 32.0 Å². The van der Waals surface area contributed by atoms with Crippen LogP contribution >= 0.6 is 0 Å². The number of nitrogens with one attached hydrogen (secondary N) is 1. The van der Waals surface area contributed by atoms with E-state index in [0.29, 0.717) is 11.2 Å². The van der Waals surface area contributed by atoms with Gasteiger partial charge in [0.05, 0.1) is 6.54 Å². The van der Waals surface area contributed by atoms with E-state index >= 15 is 0 Å². The Morgan fingerprint density at radius 1 is 1.08 bits per heavy atom. The summed E-state index contributed by atoms with van der Waals surface area (Å²) < 4.78 is 42.8. The molecule has 1 N–H and O–H groups in total. The van der Waals surface area contributed by atoms with E-state index in [1.165, 1.54) is 12.4 Å². The first-order valence-corrected chi connectivity index (χ1v) is 8.04. The summed E-state index contributed by atoms with van der Waals surface area (Å²) in [7, 11) is 0. The van der Waals surface area contributed by atoms with Crippen molar-refractivity contribution in [3.8, 4) is 0 Å². The second kappa shape index (κ2) is 6.84. The lowest BCUT2D eigenvalue weighted by atomic mass is 9.98. The van der Waals surface area contributed by atoms with Crippen LogP contribution in [0.4, 0.5) is 13.2 Å². The van der Waals surface area contributed by atoms with Gasteiger partial charge < -0.3 is 0 Å². The van der Waals surface area contributed by atoms with Gasteiger partial charge in [-0.3, -0.25) is 5.32 Å². The van der Waals surface area contributed by atoms with Gasteiger partial charge >= 0.3 is 6.18 Å². The number of benzene rings is 2. The van der Waals surface area contributed by atoms with Crippen LogP contribution in [-0.2, 0) is 6.54 Å². The van der Waals surface area contributed by atoms with Crippen LogP contribution in [0, 0.1) is 0 Å². The molecule has 0 amide bonds. The maximum Gasteiger partial charge on any atom is 0.407 e. The monoisotopic (exact) mass is 348 g/mol. The van der Waals surface area contributed by atoms with E-state index in [9.17, 15) is 13.2 Å². The predicted molar refractivity (Wildman–Crippen MR) is 90.0 cm³/mol. The smallest absolute Gasteiger partial charge is 0.295 e. The second-order valence-electron chi connectivity index (χ2n) is 6.14. The van der Waals surface area contributed by atoms with E-state index < -0.39 is 12.2 Å². The number of hydrogen-bond donors (Lipinski definition) is 1. The molecule has 1 atom stereocenters. The number of rotatable bonds is 5. The molecule has 0 spiro atoms. The van der Waals surface area contributed by atoms with Crippen LogP contribution in [0.5, 0.6) is 0 Å². The number of alkyl halides is 3. The quantitative estimate of drug-likeness (QED) is 0.743. The first-order valence-electron chi connectivity index (χ1n) is 8.04. The Hall–Kier alpha value is -2.41. The van der Waals surface area contributed by atoms with Crippen molar-refractivity contribution in [1.29, 1.82) is 0 Å². The van der Waals surface area contributed by atoms with Gasteiger partial charge in [0.2, 0.25) is 0 Å².